The Balaban J connectivity index is 1.48. The quantitative estimate of drug-likeness (QED) is 0.0984. The lowest BCUT2D eigenvalue weighted by Gasteiger charge is -2.09. The average molecular weight is 547 g/mol. The van der Waals surface area contributed by atoms with Gasteiger partial charge < -0.3 is 28.4 Å². The van der Waals surface area contributed by atoms with Crippen LogP contribution in [0, 0.1) is 0 Å². The van der Waals surface area contributed by atoms with Crippen LogP contribution in [0.5, 0.6) is 17.2 Å². The van der Waals surface area contributed by atoms with Gasteiger partial charge in [0.05, 0.1) is 5.56 Å². The zero-order valence-electron chi connectivity index (χ0n) is 21.8. The van der Waals surface area contributed by atoms with Crippen LogP contribution in [0.15, 0.2) is 97.1 Å². The summed E-state index contributed by atoms with van der Waals surface area (Å²) in [6.07, 6.45) is -1.03. The molecule has 3 aromatic carbocycles. The van der Waals surface area contributed by atoms with Gasteiger partial charge >= 0.3 is 24.1 Å². The topological polar surface area (TPSA) is 124 Å². The molecule has 0 atom stereocenters. The van der Waals surface area contributed by atoms with Crippen LogP contribution in [-0.4, -0.2) is 37.6 Å². The molecule has 206 valence electrons. The summed E-state index contributed by atoms with van der Waals surface area (Å²) < 4.78 is 30.0. The lowest BCUT2D eigenvalue weighted by Crippen LogP contribution is -2.15. The Morgan fingerprint density at radius 2 is 1.02 bits per heavy atom. The van der Waals surface area contributed by atoms with E-state index in [1.807, 2.05) is 0 Å². The molecule has 3 rings (SSSR count). The van der Waals surface area contributed by atoms with Crippen molar-refractivity contribution < 1.29 is 47.6 Å². The summed E-state index contributed by atoms with van der Waals surface area (Å²) in [5.74, 6) is -0.815. The van der Waals surface area contributed by atoms with Crippen LogP contribution >= 0.6 is 0 Å². The lowest BCUT2D eigenvalue weighted by atomic mass is 10.1. The number of ether oxygens (including phenoxy) is 6. The molecule has 0 spiro atoms. The van der Waals surface area contributed by atoms with Crippen molar-refractivity contribution in [3.8, 4) is 28.4 Å². The molecule has 10 heteroatoms. The summed E-state index contributed by atoms with van der Waals surface area (Å²) in [4.78, 5) is 46.8. The second-order valence-corrected chi connectivity index (χ2v) is 8.26. The lowest BCUT2D eigenvalue weighted by molar-refractivity contribution is -0.148. The third-order valence-corrected chi connectivity index (χ3v) is 5.02. The number of carbonyl (C=O) groups excluding carboxylic acids is 4. The van der Waals surface area contributed by atoms with E-state index in [0.717, 1.165) is 11.1 Å². The molecule has 0 N–H and O–H groups in total. The van der Waals surface area contributed by atoms with Crippen molar-refractivity contribution in [2.24, 2.45) is 0 Å². The van der Waals surface area contributed by atoms with E-state index < -0.39 is 30.9 Å². The van der Waals surface area contributed by atoms with Gasteiger partial charge in [0.2, 0.25) is 13.6 Å². The molecular weight excluding hydrogens is 520 g/mol. The van der Waals surface area contributed by atoms with Gasteiger partial charge in [0.25, 0.3) is 0 Å². The van der Waals surface area contributed by atoms with E-state index in [-0.39, 0.29) is 23.7 Å². The van der Waals surface area contributed by atoms with Crippen LogP contribution in [-0.2, 0) is 23.8 Å². The fourth-order valence-corrected chi connectivity index (χ4v) is 2.94. The molecule has 0 fully saturated rings. The Labute approximate surface area is 230 Å². The average Bonchev–Trinajstić information content (AvgIpc) is 2.94. The fourth-order valence-electron chi connectivity index (χ4n) is 2.94. The molecule has 0 unspecified atom stereocenters. The molecule has 0 amide bonds. The minimum atomic E-state index is -1.03. The monoisotopic (exact) mass is 546 g/mol. The maximum Gasteiger partial charge on any atom is 0.516 e. The van der Waals surface area contributed by atoms with E-state index in [0.29, 0.717) is 17.1 Å². The third-order valence-electron chi connectivity index (χ3n) is 5.02. The highest BCUT2D eigenvalue weighted by molar-refractivity contribution is 5.91. The van der Waals surface area contributed by atoms with E-state index >= 15 is 0 Å². The van der Waals surface area contributed by atoms with Crippen LogP contribution < -0.4 is 14.2 Å². The summed E-state index contributed by atoms with van der Waals surface area (Å²) in [6, 6.07) is 19.6. The predicted molar refractivity (Wildman–Crippen MR) is 143 cm³/mol. The van der Waals surface area contributed by atoms with E-state index in [2.05, 4.69) is 22.6 Å². The van der Waals surface area contributed by atoms with Gasteiger partial charge in [0.15, 0.2) is 0 Å². The molecule has 0 heterocycles. The van der Waals surface area contributed by atoms with Crippen LogP contribution in [0.3, 0.4) is 0 Å². The largest absolute Gasteiger partial charge is 0.516 e. The van der Waals surface area contributed by atoms with Gasteiger partial charge in [-0.3, -0.25) is 0 Å². The van der Waals surface area contributed by atoms with Gasteiger partial charge in [-0.1, -0.05) is 37.4 Å². The third kappa shape index (κ3) is 8.88. The standard InChI is InChI=1S/C30H26O10/c1-19(2)27(31)36-17-35-24-11-9-23(10-12-24)29(33)39-25-13-5-21(6-14-25)22-7-15-26(16-8-22)40-30(34)38-18-37-28(32)20(3)4/h5-16H,1,3,17-18H2,2,4H3. The Morgan fingerprint density at radius 3 is 1.52 bits per heavy atom. The summed E-state index contributed by atoms with van der Waals surface area (Å²) in [5, 5.41) is 0. The van der Waals surface area contributed by atoms with Gasteiger partial charge in [0, 0.05) is 11.1 Å². The van der Waals surface area contributed by atoms with Crippen molar-refractivity contribution in [2.45, 2.75) is 13.8 Å². The predicted octanol–water partition coefficient (Wildman–Crippen LogP) is 5.62. The highest BCUT2D eigenvalue weighted by atomic mass is 16.8. The zero-order chi connectivity index (χ0) is 29.1. The number of hydrogen-bond donors (Lipinski definition) is 0. The highest BCUT2D eigenvalue weighted by Crippen LogP contribution is 2.25. The molecule has 0 aliphatic carbocycles. The van der Waals surface area contributed by atoms with Gasteiger partial charge in [-0.2, -0.15) is 0 Å². The number of hydrogen-bond acceptors (Lipinski definition) is 10. The second kappa shape index (κ2) is 14.0. The van der Waals surface area contributed by atoms with Gasteiger partial charge in [-0.25, -0.2) is 19.2 Å². The van der Waals surface area contributed by atoms with Crippen molar-refractivity contribution in [1.82, 2.24) is 0 Å². The minimum Gasteiger partial charge on any atom is -0.457 e. The molecule has 40 heavy (non-hydrogen) atoms. The first kappa shape index (κ1) is 29.2. The Morgan fingerprint density at radius 1 is 0.575 bits per heavy atom. The molecule has 0 aromatic heterocycles. The second-order valence-electron chi connectivity index (χ2n) is 8.26. The van der Waals surface area contributed by atoms with Crippen molar-refractivity contribution in [3.63, 3.8) is 0 Å². The maximum atomic E-state index is 12.5. The normalized spacial score (nSPS) is 10.1. The number of esters is 3. The van der Waals surface area contributed by atoms with E-state index in [1.54, 1.807) is 60.7 Å². The first-order valence-corrected chi connectivity index (χ1v) is 11.8. The summed E-state index contributed by atoms with van der Waals surface area (Å²) in [6.45, 7) is 9.03. The molecule has 0 aliphatic heterocycles. The Hall–Kier alpha value is -5.38. The number of rotatable bonds is 11. The summed E-state index contributed by atoms with van der Waals surface area (Å²) in [5.41, 5.74) is 2.39. The van der Waals surface area contributed by atoms with Crippen LogP contribution in [0.2, 0.25) is 0 Å². The van der Waals surface area contributed by atoms with Crippen LogP contribution in [0.4, 0.5) is 4.79 Å². The number of carbonyl (C=O) groups is 4. The van der Waals surface area contributed by atoms with E-state index in [9.17, 15) is 19.2 Å². The van der Waals surface area contributed by atoms with Gasteiger partial charge in [-0.05, 0) is 73.5 Å². The summed E-state index contributed by atoms with van der Waals surface area (Å²) >= 11 is 0. The highest BCUT2D eigenvalue weighted by Gasteiger charge is 2.11. The zero-order valence-corrected chi connectivity index (χ0v) is 21.8. The molecule has 3 aromatic rings. The smallest absolute Gasteiger partial charge is 0.457 e. The van der Waals surface area contributed by atoms with Crippen molar-refractivity contribution in [1.29, 1.82) is 0 Å². The molecule has 0 saturated heterocycles. The Kier molecular flexibility index (Phi) is 10.2. The molecule has 0 aliphatic rings. The SMILES string of the molecule is C=C(C)C(=O)OCOC(=O)Oc1ccc(-c2ccc(OC(=O)c3ccc(OCOC(=O)C(=C)C)cc3)cc2)cc1. The minimum absolute atomic E-state index is 0.178. The first-order chi connectivity index (χ1) is 19.1. The van der Waals surface area contributed by atoms with E-state index in [1.165, 1.54) is 26.0 Å². The molecule has 10 nitrogen and oxygen atoms in total. The first-order valence-electron chi connectivity index (χ1n) is 11.8. The molecule has 0 bridgehead atoms. The van der Waals surface area contributed by atoms with Crippen LogP contribution in [0.1, 0.15) is 24.2 Å². The summed E-state index contributed by atoms with van der Waals surface area (Å²) in [7, 11) is 0. The molecule has 0 radical (unpaired) electrons. The molecular formula is C30H26O10. The molecule has 0 saturated carbocycles. The van der Waals surface area contributed by atoms with Crippen molar-refractivity contribution in [2.75, 3.05) is 13.6 Å². The number of benzene rings is 3. The Bertz CT molecular complexity index is 1390. The fraction of sp³-hybridized carbons (Fsp3) is 0.133. The van der Waals surface area contributed by atoms with Crippen molar-refractivity contribution >= 4 is 24.1 Å². The van der Waals surface area contributed by atoms with Crippen LogP contribution in [0.25, 0.3) is 11.1 Å². The maximum absolute atomic E-state index is 12.5. The van der Waals surface area contributed by atoms with Crippen molar-refractivity contribution in [3.05, 3.63) is 103 Å². The van der Waals surface area contributed by atoms with Gasteiger partial charge in [-0.15, -0.1) is 0 Å². The van der Waals surface area contributed by atoms with E-state index in [4.69, 9.17) is 18.9 Å². The van der Waals surface area contributed by atoms with Gasteiger partial charge in [0.1, 0.15) is 17.2 Å².